The fourth-order valence-electron chi connectivity index (χ4n) is 1.93. The van der Waals surface area contributed by atoms with Crippen LogP contribution >= 0.6 is 0 Å². The van der Waals surface area contributed by atoms with Crippen molar-refractivity contribution in [1.29, 1.82) is 0 Å². The maximum atomic E-state index is 5.89. The number of nitrogens with zero attached hydrogens (tertiary/aromatic N) is 2. The second kappa shape index (κ2) is 5.54. The van der Waals surface area contributed by atoms with Gasteiger partial charge < -0.3 is 10.6 Å². The number of anilines is 2. The van der Waals surface area contributed by atoms with Gasteiger partial charge >= 0.3 is 0 Å². The first-order valence-electron chi connectivity index (χ1n) is 6.21. The second-order valence-corrected chi connectivity index (χ2v) is 4.40. The van der Waals surface area contributed by atoms with Crippen molar-refractivity contribution in [3.05, 3.63) is 53.7 Å². The minimum absolute atomic E-state index is 0.614. The monoisotopic (exact) mass is 241 g/mol. The van der Waals surface area contributed by atoms with Gasteiger partial charge in [-0.1, -0.05) is 23.8 Å². The Bertz CT molecular complexity index is 505. The molecule has 0 aliphatic carbocycles. The molecule has 0 atom stereocenters. The molecule has 0 aliphatic heterocycles. The number of aryl methyl sites for hydroxylation is 1. The zero-order valence-electron chi connectivity index (χ0n) is 10.9. The Hall–Kier alpha value is -2.03. The number of hydrogen-bond donors (Lipinski definition) is 1. The number of benzene rings is 1. The van der Waals surface area contributed by atoms with E-state index in [0.29, 0.717) is 5.82 Å². The Morgan fingerprint density at radius 1 is 1.17 bits per heavy atom. The predicted octanol–water partition coefficient (Wildman–Crippen LogP) is 3.00. The highest BCUT2D eigenvalue weighted by Crippen LogP contribution is 2.19. The van der Waals surface area contributed by atoms with Gasteiger partial charge in [-0.2, -0.15) is 0 Å². The molecular formula is C15H19N3. The Kier molecular flexibility index (Phi) is 3.82. The zero-order valence-corrected chi connectivity index (χ0v) is 10.9. The number of rotatable bonds is 4. The fraction of sp³-hybridized carbons (Fsp3) is 0.267. The van der Waals surface area contributed by atoms with E-state index < -0.39 is 0 Å². The molecule has 2 rings (SSSR count). The topological polar surface area (TPSA) is 42.2 Å². The molecule has 2 N–H and O–H groups in total. The van der Waals surface area contributed by atoms with Crippen LogP contribution in [0.15, 0.2) is 42.6 Å². The van der Waals surface area contributed by atoms with Gasteiger partial charge in [0.05, 0.1) is 0 Å². The van der Waals surface area contributed by atoms with Crippen molar-refractivity contribution in [3.8, 4) is 0 Å². The van der Waals surface area contributed by atoms with Crippen molar-refractivity contribution in [3.63, 3.8) is 0 Å². The quantitative estimate of drug-likeness (QED) is 0.894. The Balaban J connectivity index is 2.20. The van der Waals surface area contributed by atoms with E-state index in [9.17, 15) is 0 Å². The van der Waals surface area contributed by atoms with Crippen LogP contribution < -0.4 is 10.6 Å². The van der Waals surface area contributed by atoms with Gasteiger partial charge in [0.2, 0.25) is 0 Å². The first kappa shape index (κ1) is 12.4. The van der Waals surface area contributed by atoms with Crippen LogP contribution in [0, 0.1) is 6.92 Å². The summed E-state index contributed by atoms with van der Waals surface area (Å²) >= 11 is 0. The average molecular weight is 241 g/mol. The lowest BCUT2D eigenvalue weighted by Crippen LogP contribution is -2.22. The van der Waals surface area contributed by atoms with E-state index in [2.05, 4.69) is 48.0 Å². The maximum absolute atomic E-state index is 5.89. The second-order valence-electron chi connectivity index (χ2n) is 4.40. The molecule has 0 saturated carbocycles. The van der Waals surface area contributed by atoms with Crippen molar-refractivity contribution in [2.75, 3.05) is 17.2 Å². The number of nitrogens with two attached hydrogens (primary N) is 1. The summed E-state index contributed by atoms with van der Waals surface area (Å²) < 4.78 is 0. The van der Waals surface area contributed by atoms with Gasteiger partial charge in [-0.25, -0.2) is 4.98 Å². The molecule has 0 aliphatic rings. The summed E-state index contributed by atoms with van der Waals surface area (Å²) in [5.74, 6) is 0.614. The molecule has 18 heavy (non-hydrogen) atoms. The lowest BCUT2D eigenvalue weighted by atomic mass is 10.2. The van der Waals surface area contributed by atoms with Crippen LogP contribution in [0.2, 0.25) is 0 Å². The van der Waals surface area contributed by atoms with Crippen LogP contribution in [0.25, 0.3) is 0 Å². The molecule has 0 radical (unpaired) electrons. The third kappa shape index (κ3) is 2.80. The fourth-order valence-corrected chi connectivity index (χ4v) is 1.93. The van der Waals surface area contributed by atoms with Crippen LogP contribution in [0.3, 0.4) is 0 Å². The number of hydrogen-bond acceptors (Lipinski definition) is 3. The standard InChI is InChI=1S/C15H19N3/c1-3-18(14-8-6-12(2)7-9-14)11-13-5-4-10-17-15(13)16/h4-10H,3,11H2,1-2H3,(H2,16,17). The molecule has 3 heteroatoms. The summed E-state index contributed by atoms with van der Waals surface area (Å²) in [6.07, 6.45) is 1.72. The summed E-state index contributed by atoms with van der Waals surface area (Å²) in [4.78, 5) is 6.41. The first-order chi connectivity index (χ1) is 8.70. The summed E-state index contributed by atoms with van der Waals surface area (Å²) in [5.41, 5.74) is 9.45. The van der Waals surface area contributed by atoms with Gasteiger partial charge in [-0.3, -0.25) is 0 Å². The van der Waals surface area contributed by atoms with Gasteiger partial charge in [0.15, 0.2) is 0 Å². The zero-order chi connectivity index (χ0) is 13.0. The van der Waals surface area contributed by atoms with Crippen LogP contribution in [0.4, 0.5) is 11.5 Å². The van der Waals surface area contributed by atoms with Crippen molar-refractivity contribution in [1.82, 2.24) is 4.98 Å². The maximum Gasteiger partial charge on any atom is 0.128 e. The van der Waals surface area contributed by atoms with E-state index in [0.717, 1.165) is 18.7 Å². The molecule has 0 amide bonds. The first-order valence-corrected chi connectivity index (χ1v) is 6.21. The van der Waals surface area contributed by atoms with Crippen LogP contribution in [-0.4, -0.2) is 11.5 Å². The molecule has 1 aromatic heterocycles. The number of nitrogen functional groups attached to an aromatic ring is 1. The summed E-state index contributed by atoms with van der Waals surface area (Å²) in [5, 5.41) is 0. The van der Waals surface area contributed by atoms with Crippen molar-refractivity contribution < 1.29 is 0 Å². The largest absolute Gasteiger partial charge is 0.383 e. The molecule has 0 unspecified atom stereocenters. The van der Waals surface area contributed by atoms with Gasteiger partial charge in [-0.15, -0.1) is 0 Å². The summed E-state index contributed by atoms with van der Waals surface area (Å²) in [6.45, 7) is 5.97. The molecule has 0 spiro atoms. The van der Waals surface area contributed by atoms with Crippen LogP contribution in [-0.2, 0) is 6.54 Å². The number of aromatic nitrogens is 1. The average Bonchev–Trinajstić information content (AvgIpc) is 2.39. The Morgan fingerprint density at radius 3 is 2.50 bits per heavy atom. The van der Waals surface area contributed by atoms with E-state index in [4.69, 9.17) is 5.73 Å². The summed E-state index contributed by atoms with van der Waals surface area (Å²) in [7, 11) is 0. The Labute approximate surface area is 108 Å². The molecule has 2 aromatic rings. The molecule has 1 aromatic carbocycles. The third-order valence-corrected chi connectivity index (χ3v) is 3.07. The molecule has 1 heterocycles. The minimum atomic E-state index is 0.614. The van der Waals surface area contributed by atoms with Gasteiger partial charge in [0, 0.05) is 30.5 Å². The van der Waals surface area contributed by atoms with Crippen molar-refractivity contribution in [2.24, 2.45) is 0 Å². The van der Waals surface area contributed by atoms with Crippen molar-refractivity contribution >= 4 is 11.5 Å². The van der Waals surface area contributed by atoms with E-state index in [1.165, 1.54) is 11.3 Å². The van der Waals surface area contributed by atoms with E-state index in [1.807, 2.05) is 12.1 Å². The molecule has 0 bridgehead atoms. The van der Waals surface area contributed by atoms with Gasteiger partial charge in [-0.05, 0) is 32.0 Å². The van der Waals surface area contributed by atoms with Crippen LogP contribution in [0.5, 0.6) is 0 Å². The normalized spacial score (nSPS) is 10.3. The van der Waals surface area contributed by atoms with Crippen molar-refractivity contribution in [2.45, 2.75) is 20.4 Å². The molecular weight excluding hydrogens is 222 g/mol. The smallest absolute Gasteiger partial charge is 0.128 e. The minimum Gasteiger partial charge on any atom is -0.383 e. The lowest BCUT2D eigenvalue weighted by molar-refractivity contribution is 0.830. The highest BCUT2D eigenvalue weighted by atomic mass is 15.1. The molecule has 0 saturated heterocycles. The molecule has 94 valence electrons. The summed E-state index contributed by atoms with van der Waals surface area (Å²) in [6, 6.07) is 12.5. The SMILES string of the molecule is CCN(Cc1cccnc1N)c1ccc(C)cc1. The van der Waals surface area contributed by atoms with E-state index >= 15 is 0 Å². The van der Waals surface area contributed by atoms with Gasteiger partial charge in [0.25, 0.3) is 0 Å². The van der Waals surface area contributed by atoms with E-state index in [-0.39, 0.29) is 0 Å². The van der Waals surface area contributed by atoms with Crippen LogP contribution in [0.1, 0.15) is 18.1 Å². The lowest BCUT2D eigenvalue weighted by Gasteiger charge is -2.23. The molecule has 3 nitrogen and oxygen atoms in total. The highest BCUT2D eigenvalue weighted by molar-refractivity contribution is 5.50. The van der Waals surface area contributed by atoms with E-state index in [1.54, 1.807) is 6.20 Å². The number of pyridine rings is 1. The highest BCUT2D eigenvalue weighted by Gasteiger charge is 2.07. The molecule has 0 fully saturated rings. The Morgan fingerprint density at radius 2 is 1.89 bits per heavy atom. The van der Waals surface area contributed by atoms with Gasteiger partial charge in [0.1, 0.15) is 5.82 Å². The predicted molar refractivity (Wildman–Crippen MR) is 76.6 cm³/mol. The third-order valence-electron chi connectivity index (χ3n) is 3.07.